The minimum Gasteiger partial charge on any atom is -0.394 e. The number of allylic oxidation sites excluding steroid dienone is 1. The molecule has 6 atom stereocenters. The number of hydrogen-bond donors (Lipinski definition) is 3. The van der Waals surface area contributed by atoms with Crippen molar-refractivity contribution in [2.45, 2.75) is 78.4 Å². The summed E-state index contributed by atoms with van der Waals surface area (Å²) in [6.07, 6.45) is 7.70. The third-order valence-electron chi connectivity index (χ3n) is 7.90. The summed E-state index contributed by atoms with van der Waals surface area (Å²) in [7, 11) is 0. The lowest BCUT2D eigenvalue weighted by molar-refractivity contribution is -0.129. The van der Waals surface area contributed by atoms with Gasteiger partial charge in [0.2, 0.25) is 0 Å². The van der Waals surface area contributed by atoms with Crippen LogP contribution >= 0.6 is 0 Å². The Morgan fingerprint density at radius 1 is 1.13 bits per heavy atom. The molecule has 0 spiro atoms. The molecule has 0 saturated heterocycles. The van der Waals surface area contributed by atoms with E-state index in [4.69, 9.17) is 0 Å². The lowest BCUT2D eigenvalue weighted by Crippen LogP contribution is -2.55. The molecule has 0 amide bonds. The van der Waals surface area contributed by atoms with Gasteiger partial charge >= 0.3 is 0 Å². The normalized spacial score (nSPS) is 47.3. The van der Waals surface area contributed by atoms with Gasteiger partial charge in [-0.15, -0.1) is 0 Å². The Balaban J connectivity index is 1.93. The van der Waals surface area contributed by atoms with E-state index in [1.165, 1.54) is 5.57 Å². The SMILES string of the molecule is CC1(C)[C@H](O)CC[C@]2(C)[C@H]3CC[C@@](C)([C@@H](O)CO)C=C3CC[C@@H]12. The molecule has 3 aliphatic rings. The van der Waals surface area contributed by atoms with Crippen LogP contribution in [0.3, 0.4) is 0 Å². The van der Waals surface area contributed by atoms with Gasteiger partial charge in [0.05, 0.1) is 18.8 Å². The van der Waals surface area contributed by atoms with E-state index in [-0.39, 0.29) is 29.0 Å². The van der Waals surface area contributed by atoms with E-state index < -0.39 is 6.10 Å². The zero-order valence-corrected chi connectivity index (χ0v) is 15.2. The van der Waals surface area contributed by atoms with Crippen LogP contribution in [0.1, 0.15) is 66.2 Å². The molecule has 3 nitrogen and oxygen atoms in total. The average Bonchev–Trinajstić information content (AvgIpc) is 2.50. The number of fused-ring (bicyclic) bond motifs is 3. The fraction of sp³-hybridized carbons (Fsp3) is 0.900. The van der Waals surface area contributed by atoms with Crippen molar-refractivity contribution in [2.24, 2.45) is 28.1 Å². The molecular formula is C20H34O3. The summed E-state index contributed by atoms with van der Waals surface area (Å²) in [5.41, 5.74) is 1.47. The quantitative estimate of drug-likeness (QED) is 0.684. The van der Waals surface area contributed by atoms with Gasteiger partial charge in [-0.1, -0.05) is 39.3 Å². The van der Waals surface area contributed by atoms with Crippen molar-refractivity contribution in [1.29, 1.82) is 0 Å². The molecule has 0 aromatic carbocycles. The van der Waals surface area contributed by atoms with E-state index in [0.717, 1.165) is 38.5 Å². The minimum atomic E-state index is -0.661. The van der Waals surface area contributed by atoms with Gasteiger partial charge in [-0.25, -0.2) is 0 Å². The highest BCUT2D eigenvalue weighted by Gasteiger charge is 2.57. The van der Waals surface area contributed by atoms with E-state index in [1.54, 1.807) is 0 Å². The lowest BCUT2D eigenvalue weighted by Gasteiger charge is -2.61. The van der Waals surface area contributed by atoms with Gasteiger partial charge in [-0.2, -0.15) is 0 Å². The van der Waals surface area contributed by atoms with E-state index in [0.29, 0.717) is 11.8 Å². The molecule has 0 aromatic heterocycles. The fourth-order valence-corrected chi connectivity index (χ4v) is 6.21. The predicted octanol–water partition coefficient (Wildman–Crippen LogP) is 3.28. The first-order valence-corrected chi connectivity index (χ1v) is 9.34. The maximum Gasteiger partial charge on any atom is 0.0858 e. The van der Waals surface area contributed by atoms with Crippen molar-refractivity contribution in [3.05, 3.63) is 11.6 Å². The van der Waals surface area contributed by atoms with Crippen molar-refractivity contribution in [3.63, 3.8) is 0 Å². The Morgan fingerprint density at radius 3 is 2.48 bits per heavy atom. The van der Waals surface area contributed by atoms with Crippen LogP contribution in [0, 0.1) is 28.1 Å². The van der Waals surface area contributed by atoms with E-state index >= 15 is 0 Å². The maximum absolute atomic E-state index is 10.5. The first kappa shape index (κ1) is 17.4. The number of rotatable bonds is 2. The van der Waals surface area contributed by atoms with Gasteiger partial charge in [-0.05, 0) is 61.2 Å². The first-order valence-electron chi connectivity index (χ1n) is 9.34. The molecule has 0 heterocycles. The molecule has 3 aliphatic carbocycles. The number of hydrogen-bond acceptors (Lipinski definition) is 3. The van der Waals surface area contributed by atoms with Crippen LogP contribution in [0.25, 0.3) is 0 Å². The zero-order chi connectivity index (χ0) is 17.0. The molecule has 3 N–H and O–H groups in total. The smallest absolute Gasteiger partial charge is 0.0858 e. The summed E-state index contributed by atoms with van der Waals surface area (Å²) in [6.45, 7) is 8.85. The molecule has 0 bridgehead atoms. The molecule has 0 unspecified atom stereocenters. The molecule has 2 saturated carbocycles. The molecule has 0 aliphatic heterocycles. The second-order valence-corrected chi connectivity index (χ2v) is 9.49. The molecule has 23 heavy (non-hydrogen) atoms. The number of aliphatic hydroxyl groups excluding tert-OH is 3. The summed E-state index contributed by atoms with van der Waals surface area (Å²) in [5.74, 6) is 1.14. The van der Waals surface area contributed by atoms with Crippen LogP contribution in [0.4, 0.5) is 0 Å². The van der Waals surface area contributed by atoms with Gasteiger partial charge in [0.1, 0.15) is 0 Å². The van der Waals surface area contributed by atoms with E-state index in [2.05, 4.69) is 33.8 Å². The summed E-state index contributed by atoms with van der Waals surface area (Å²) >= 11 is 0. The van der Waals surface area contributed by atoms with Crippen molar-refractivity contribution in [2.75, 3.05) is 6.61 Å². The summed E-state index contributed by atoms with van der Waals surface area (Å²) in [6, 6.07) is 0. The van der Waals surface area contributed by atoms with Crippen molar-refractivity contribution in [3.8, 4) is 0 Å². The van der Waals surface area contributed by atoms with Crippen molar-refractivity contribution < 1.29 is 15.3 Å². The van der Waals surface area contributed by atoms with Gasteiger partial charge in [0, 0.05) is 5.41 Å². The van der Waals surface area contributed by atoms with Crippen LogP contribution in [-0.4, -0.2) is 34.1 Å². The molecule has 2 fully saturated rings. The first-order chi connectivity index (χ1) is 10.6. The monoisotopic (exact) mass is 322 g/mol. The fourth-order valence-electron chi connectivity index (χ4n) is 6.21. The predicted molar refractivity (Wildman–Crippen MR) is 91.9 cm³/mol. The van der Waals surface area contributed by atoms with E-state index in [1.807, 2.05) is 0 Å². The highest BCUT2D eigenvalue weighted by atomic mass is 16.3. The van der Waals surface area contributed by atoms with Gasteiger partial charge in [0.25, 0.3) is 0 Å². The topological polar surface area (TPSA) is 60.7 Å². The zero-order valence-electron chi connectivity index (χ0n) is 15.2. The van der Waals surface area contributed by atoms with Gasteiger partial charge in [-0.3, -0.25) is 0 Å². The Kier molecular flexibility index (Phi) is 4.23. The average molecular weight is 322 g/mol. The molecule has 132 valence electrons. The Hall–Kier alpha value is -0.380. The standard InChI is InChI=1S/C20H34O3/c1-18(2)15-6-5-13-11-19(3,17(23)12-21)9-7-14(13)20(15,4)10-8-16(18)22/h11,14-17,21-23H,5-10,12H2,1-4H3/t14-,15-,16+,17-,19+,20+/m0/s1. The Morgan fingerprint density at radius 2 is 1.83 bits per heavy atom. The number of aliphatic hydroxyl groups is 3. The van der Waals surface area contributed by atoms with Crippen LogP contribution in [-0.2, 0) is 0 Å². The maximum atomic E-state index is 10.5. The highest BCUT2D eigenvalue weighted by molar-refractivity contribution is 5.25. The summed E-state index contributed by atoms with van der Waals surface area (Å²) < 4.78 is 0. The Bertz CT molecular complexity index is 497. The minimum absolute atomic E-state index is 0.0100. The third-order valence-corrected chi connectivity index (χ3v) is 7.90. The lowest BCUT2D eigenvalue weighted by atomic mass is 9.45. The molecular weight excluding hydrogens is 288 g/mol. The largest absolute Gasteiger partial charge is 0.394 e. The summed E-state index contributed by atoms with van der Waals surface area (Å²) in [4.78, 5) is 0. The summed E-state index contributed by atoms with van der Waals surface area (Å²) in [5, 5.41) is 30.1. The van der Waals surface area contributed by atoms with Crippen molar-refractivity contribution >= 4 is 0 Å². The molecule has 0 radical (unpaired) electrons. The molecule has 0 aromatic rings. The van der Waals surface area contributed by atoms with Crippen LogP contribution in [0.5, 0.6) is 0 Å². The Labute approximate surface area is 140 Å². The highest BCUT2D eigenvalue weighted by Crippen LogP contribution is 2.63. The van der Waals surface area contributed by atoms with Gasteiger partial charge in [0.15, 0.2) is 0 Å². The van der Waals surface area contributed by atoms with E-state index in [9.17, 15) is 15.3 Å². The second kappa shape index (κ2) is 5.57. The van der Waals surface area contributed by atoms with Gasteiger partial charge < -0.3 is 15.3 Å². The van der Waals surface area contributed by atoms with Crippen LogP contribution in [0.15, 0.2) is 11.6 Å². The third kappa shape index (κ3) is 2.51. The molecule has 3 heteroatoms. The molecule has 3 rings (SSSR count). The van der Waals surface area contributed by atoms with Crippen LogP contribution < -0.4 is 0 Å². The second-order valence-electron chi connectivity index (χ2n) is 9.49. The van der Waals surface area contributed by atoms with Crippen molar-refractivity contribution in [1.82, 2.24) is 0 Å². The van der Waals surface area contributed by atoms with Crippen LogP contribution in [0.2, 0.25) is 0 Å².